The summed E-state index contributed by atoms with van der Waals surface area (Å²) >= 11 is 5.83. The van der Waals surface area contributed by atoms with Crippen molar-refractivity contribution in [3.63, 3.8) is 0 Å². The van der Waals surface area contributed by atoms with E-state index in [1.165, 1.54) is 36.2 Å². The maximum absolute atomic E-state index is 5.83. The number of benzene rings is 2. The van der Waals surface area contributed by atoms with Gasteiger partial charge in [0.05, 0.1) is 12.8 Å². The minimum Gasteiger partial charge on any atom is -0.495 e. The summed E-state index contributed by atoms with van der Waals surface area (Å²) in [6.07, 6.45) is 4.62. The summed E-state index contributed by atoms with van der Waals surface area (Å²) in [4.78, 5) is 4.82. The van der Waals surface area contributed by atoms with Crippen LogP contribution in [0.3, 0.4) is 0 Å². The van der Waals surface area contributed by atoms with Crippen molar-refractivity contribution in [1.29, 1.82) is 0 Å². The van der Waals surface area contributed by atoms with Gasteiger partial charge < -0.3 is 19.9 Å². The number of thiocarbonyl (C=S) groups is 1. The molecule has 1 unspecified atom stereocenters. The summed E-state index contributed by atoms with van der Waals surface area (Å²) in [5, 5.41) is 4.14. The van der Waals surface area contributed by atoms with E-state index >= 15 is 0 Å². The molecular formula is C25H35N3OS. The first-order valence-electron chi connectivity index (χ1n) is 11.1. The second kappa shape index (κ2) is 10.7. The molecule has 0 spiro atoms. The van der Waals surface area contributed by atoms with Crippen LogP contribution in [-0.4, -0.2) is 36.3 Å². The summed E-state index contributed by atoms with van der Waals surface area (Å²) in [5.74, 6) is 0.800. The lowest BCUT2D eigenvalue weighted by Crippen LogP contribution is -2.40. The number of hydrogen-bond acceptors (Lipinski definition) is 3. The average molecular weight is 426 g/mol. The Labute approximate surface area is 187 Å². The zero-order chi connectivity index (χ0) is 21.5. The predicted octanol–water partition coefficient (Wildman–Crippen LogP) is 5.86. The Bertz CT molecular complexity index is 854. The lowest BCUT2D eigenvalue weighted by atomic mass is 9.98. The van der Waals surface area contributed by atoms with Crippen LogP contribution in [0.1, 0.15) is 51.2 Å². The molecule has 0 fully saturated rings. The van der Waals surface area contributed by atoms with Gasteiger partial charge in [0.15, 0.2) is 5.11 Å². The van der Waals surface area contributed by atoms with Crippen LogP contribution >= 0.6 is 12.2 Å². The summed E-state index contributed by atoms with van der Waals surface area (Å²) in [5.41, 5.74) is 5.10. The van der Waals surface area contributed by atoms with E-state index in [0.717, 1.165) is 42.5 Å². The first-order chi connectivity index (χ1) is 14.6. The van der Waals surface area contributed by atoms with Gasteiger partial charge in [0.2, 0.25) is 0 Å². The first-order valence-corrected chi connectivity index (χ1v) is 11.6. The number of hydrogen-bond donors (Lipinski definition) is 1. The summed E-state index contributed by atoms with van der Waals surface area (Å²) in [6.45, 7) is 9.81. The molecule has 0 saturated heterocycles. The third kappa shape index (κ3) is 5.25. The third-order valence-corrected chi connectivity index (χ3v) is 6.27. The first kappa shape index (κ1) is 22.4. The SMILES string of the molecule is CCCN1CCCc2cc(CN(C(=S)Nc3ccccc3OC)C(C)CC)ccc21. The van der Waals surface area contributed by atoms with E-state index in [-0.39, 0.29) is 0 Å². The molecule has 2 aromatic carbocycles. The molecule has 1 heterocycles. The van der Waals surface area contributed by atoms with Crippen LogP contribution in [0.25, 0.3) is 0 Å². The van der Waals surface area contributed by atoms with Gasteiger partial charge in [-0.1, -0.05) is 38.1 Å². The van der Waals surface area contributed by atoms with Gasteiger partial charge in [-0.05, 0) is 74.2 Å². The van der Waals surface area contributed by atoms with Crippen LogP contribution in [0.5, 0.6) is 5.75 Å². The Kier molecular flexibility index (Phi) is 7.97. The molecule has 0 bridgehead atoms. The molecule has 1 aliphatic heterocycles. The molecule has 162 valence electrons. The van der Waals surface area contributed by atoms with Crippen molar-refractivity contribution in [3.05, 3.63) is 53.6 Å². The Hall–Kier alpha value is -2.27. The van der Waals surface area contributed by atoms with Gasteiger partial charge in [0.1, 0.15) is 5.75 Å². The molecule has 30 heavy (non-hydrogen) atoms. The fourth-order valence-electron chi connectivity index (χ4n) is 4.11. The smallest absolute Gasteiger partial charge is 0.174 e. The number of methoxy groups -OCH3 is 1. The molecular weight excluding hydrogens is 390 g/mol. The Morgan fingerprint density at radius 3 is 2.77 bits per heavy atom. The zero-order valence-electron chi connectivity index (χ0n) is 18.8. The van der Waals surface area contributed by atoms with Crippen LogP contribution in [-0.2, 0) is 13.0 Å². The molecule has 0 aliphatic carbocycles. The summed E-state index contributed by atoms with van der Waals surface area (Å²) in [6, 6.07) is 15.2. The number of nitrogens with zero attached hydrogens (tertiary/aromatic N) is 2. The molecule has 0 aromatic heterocycles. The van der Waals surface area contributed by atoms with Crippen molar-refractivity contribution in [3.8, 4) is 5.75 Å². The highest BCUT2D eigenvalue weighted by atomic mass is 32.1. The average Bonchev–Trinajstić information content (AvgIpc) is 2.77. The largest absolute Gasteiger partial charge is 0.495 e. The fourth-order valence-corrected chi connectivity index (χ4v) is 4.46. The standard InChI is InChI=1S/C25H35N3OS/c1-5-15-27-16-9-10-21-17-20(13-14-23(21)27)18-28(19(3)6-2)25(30)26-22-11-7-8-12-24(22)29-4/h7-8,11-14,17,19H,5-6,9-10,15-16,18H2,1-4H3,(H,26,30). The number of ether oxygens (including phenoxy) is 1. The van der Waals surface area contributed by atoms with E-state index in [2.05, 4.69) is 54.1 Å². The maximum atomic E-state index is 5.83. The van der Waals surface area contributed by atoms with E-state index in [1.54, 1.807) is 7.11 Å². The summed E-state index contributed by atoms with van der Waals surface area (Å²) < 4.78 is 5.48. The van der Waals surface area contributed by atoms with E-state index in [1.807, 2.05) is 24.3 Å². The van der Waals surface area contributed by atoms with E-state index in [0.29, 0.717) is 6.04 Å². The van der Waals surface area contributed by atoms with Crippen molar-refractivity contribution >= 4 is 28.7 Å². The van der Waals surface area contributed by atoms with Gasteiger partial charge in [0.25, 0.3) is 0 Å². The monoisotopic (exact) mass is 425 g/mol. The number of fused-ring (bicyclic) bond motifs is 1. The van der Waals surface area contributed by atoms with Crippen LogP contribution in [0.2, 0.25) is 0 Å². The number of rotatable bonds is 8. The Morgan fingerprint density at radius 1 is 1.23 bits per heavy atom. The second-order valence-electron chi connectivity index (χ2n) is 8.07. The van der Waals surface area contributed by atoms with Crippen LogP contribution in [0.4, 0.5) is 11.4 Å². The molecule has 3 rings (SSSR count). The number of para-hydroxylation sites is 2. The van der Waals surface area contributed by atoms with Crippen molar-refractivity contribution in [2.75, 3.05) is 30.4 Å². The second-order valence-corrected chi connectivity index (χ2v) is 8.46. The van der Waals surface area contributed by atoms with Crippen molar-refractivity contribution < 1.29 is 4.74 Å². The van der Waals surface area contributed by atoms with Gasteiger partial charge in [-0.3, -0.25) is 0 Å². The normalized spacial score (nSPS) is 14.1. The molecule has 5 heteroatoms. The van der Waals surface area contributed by atoms with Gasteiger partial charge >= 0.3 is 0 Å². The molecule has 1 N–H and O–H groups in total. The minimum absolute atomic E-state index is 0.340. The van der Waals surface area contributed by atoms with Gasteiger partial charge in [-0.15, -0.1) is 0 Å². The lowest BCUT2D eigenvalue weighted by molar-refractivity contribution is 0.319. The van der Waals surface area contributed by atoms with E-state index in [9.17, 15) is 0 Å². The Morgan fingerprint density at radius 2 is 2.03 bits per heavy atom. The number of anilines is 2. The van der Waals surface area contributed by atoms with Crippen molar-refractivity contribution in [1.82, 2.24) is 4.90 Å². The molecule has 0 amide bonds. The minimum atomic E-state index is 0.340. The molecule has 1 aliphatic rings. The van der Waals surface area contributed by atoms with Gasteiger partial charge in [-0.2, -0.15) is 0 Å². The van der Waals surface area contributed by atoms with Crippen molar-refractivity contribution in [2.24, 2.45) is 0 Å². The third-order valence-electron chi connectivity index (χ3n) is 5.94. The number of aryl methyl sites for hydroxylation is 1. The highest BCUT2D eigenvalue weighted by molar-refractivity contribution is 7.80. The van der Waals surface area contributed by atoms with Gasteiger partial charge in [-0.25, -0.2) is 0 Å². The Balaban J connectivity index is 1.79. The number of nitrogens with one attached hydrogen (secondary N) is 1. The molecule has 4 nitrogen and oxygen atoms in total. The van der Waals surface area contributed by atoms with Crippen LogP contribution in [0, 0.1) is 0 Å². The van der Waals surface area contributed by atoms with Gasteiger partial charge in [0, 0.05) is 31.4 Å². The maximum Gasteiger partial charge on any atom is 0.174 e. The molecule has 2 aromatic rings. The highest BCUT2D eigenvalue weighted by Crippen LogP contribution is 2.29. The highest BCUT2D eigenvalue weighted by Gasteiger charge is 2.20. The molecule has 1 atom stereocenters. The molecule has 0 radical (unpaired) electrons. The fraction of sp³-hybridized carbons (Fsp3) is 0.480. The quantitative estimate of drug-likeness (QED) is 0.535. The van der Waals surface area contributed by atoms with Crippen LogP contribution in [0.15, 0.2) is 42.5 Å². The lowest BCUT2D eigenvalue weighted by Gasteiger charge is -2.34. The predicted molar refractivity (Wildman–Crippen MR) is 132 cm³/mol. The summed E-state index contributed by atoms with van der Waals surface area (Å²) in [7, 11) is 1.69. The van der Waals surface area contributed by atoms with Crippen LogP contribution < -0.4 is 15.0 Å². The van der Waals surface area contributed by atoms with E-state index in [4.69, 9.17) is 17.0 Å². The molecule has 0 saturated carbocycles. The zero-order valence-corrected chi connectivity index (χ0v) is 19.6. The van der Waals surface area contributed by atoms with Crippen molar-refractivity contribution in [2.45, 2.75) is 59.0 Å². The van der Waals surface area contributed by atoms with E-state index < -0.39 is 0 Å². The topological polar surface area (TPSA) is 27.7 Å².